The van der Waals surface area contributed by atoms with Crippen LogP contribution >= 0.6 is 11.6 Å². The molecule has 2 heterocycles. The molecule has 0 radical (unpaired) electrons. The lowest BCUT2D eigenvalue weighted by Gasteiger charge is -2.20. The zero-order chi connectivity index (χ0) is 19.7. The number of para-hydroxylation sites is 1. The Morgan fingerprint density at radius 3 is 2.71 bits per heavy atom. The molecule has 0 saturated carbocycles. The molecule has 0 bridgehead atoms. The summed E-state index contributed by atoms with van der Waals surface area (Å²) in [5.74, 6) is -0.173. The van der Waals surface area contributed by atoms with Crippen LogP contribution in [0.4, 0.5) is 11.5 Å². The van der Waals surface area contributed by atoms with Crippen LogP contribution in [0.2, 0.25) is 5.02 Å². The maximum atomic E-state index is 13.1. The number of hydrogen-bond donors (Lipinski definition) is 1. The molecule has 0 aliphatic carbocycles. The van der Waals surface area contributed by atoms with Crippen molar-refractivity contribution >= 4 is 39.0 Å². The van der Waals surface area contributed by atoms with Gasteiger partial charge in [0.15, 0.2) is 0 Å². The van der Waals surface area contributed by atoms with Gasteiger partial charge in [0, 0.05) is 23.3 Å². The van der Waals surface area contributed by atoms with Crippen molar-refractivity contribution in [2.24, 2.45) is 0 Å². The van der Waals surface area contributed by atoms with E-state index in [-0.39, 0.29) is 10.5 Å². The van der Waals surface area contributed by atoms with Gasteiger partial charge in [-0.15, -0.1) is 0 Å². The summed E-state index contributed by atoms with van der Waals surface area (Å²) in [5, 5.41) is 3.06. The van der Waals surface area contributed by atoms with Gasteiger partial charge in [0.05, 0.1) is 10.6 Å². The van der Waals surface area contributed by atoms with Crippen LogP contribution < -0.4 is 9.62 Å². The lowest BCUT2D eigenvalue weighted by molar-refractivity contribution is 0.102. The molecule has 28 heavy (non-hydrogen) atoms. The molecule has 6 nitrogen and oxygen atoms in total. The fraction of sp³-hybridized carbons (Fsp3) is 0.100. The highest BCUT2D eigenvalue weighted by molar-refractivity contribution is 7.92. The topological polar surface area (TPSA) is 79.4 Å². The first kappa shape index (κ1) is 18.5. The molecule has 2 aromatic carbocycles. The molecule has 1 aliphatic rings. The number of anilines is 2. The number of pyridine rings is 1. The third-order valence-electron chi connectivity index (χ3n) is 4.49. The third-order valence-corrected chi connectivity index (χ3v) is 6.54. The van der Waals surface area contributed by atoms with Crippen molar-refractivity contribution in [2.45, 2.75) is 11.3 Å². The molecule has 0 unspecified atom stereocenters. The first-order chi connectivity index (χ1) is 13.4. The van der Waals surface area contributed by atoms with Crippen molar-refractivity contribution in [3.05, 3.63) is 83.0 Å². The number of aromatic nitrogens is 1. The van der Waals surface area contributed by atoms with Gasteiger partial charge >= 0.3 is 0 Å². The van der Waals surface area contributed by atoms with Crippen molar-refractivity contribution in [1.29, 1.82) is 0 Å². The normalized spacial score (nSPS) is 13.2. The van der Waals surface area contributed by atoms with Crippen molar-refractivity contribution < 1.29 is 13.2 Å². The smallest absolute Gasteiger partial charge is 0.264 e. The summed E-state index contributed by atoms with van der Waals surface area (Å²) in [7, 11) is -3.77. The molecule has 0 fully saturated rings. The Morgan fingerprint density at radius 1 is 1.07 bits per heavy atom. The van der Waals surface area contributed by atoms with Crippen LogP contribution in [0.25, 0.3) is 0 Å². The van der Waals surface area contributed by atoms with Crippen molar-refractivity contribution in [1.82, 2.24) is 4.98 Å². The van der Waals surface area contributed by atoms with E-state index in [1.54, 1.807) is 24.3 Å². The average Bonchev–Trinajstić information content (AvgIpc) is 3.13. The molecule has 1 amide bonds. The SMILES string of the molecule is O=C(Nc1cc(Cl)ccn1)c1cccc(S(=O)(=O)N2CCc3ccccc32)c1. The number of sulfonamides is 1. The Morgan fingerprint density at radius 2 is 1.89 bits per heavy atom. The van der Waals surface area contributed by atoms with Crippen LogP contribution in [0, 0.1) is 0 Å². The first-order valence-electron chi connectivity index (χ1n) is 8.59. The number of nitrogens with one attached hydrogen (secondary N) is 1. The lowest BCUT2D eigenvalue weighted by Crippen LogP contribution is -2.29. The number of carbonyl (C=O) groups is 1. The Balaban J connectivity index is 1.62. The Labute approximate surface area is 167 Å². The van der Waals surface area contributed by atoms with Gasteiger partial charge in [0.1, 0.15) is 5.82 Å². The molecule has 8 heteroatoms. The number of fused-ring (bicyclic) bond motifs is 1. The van der Waals surface area contributed by atoms with E-state index in [9.17, 15) is 13.2 Å². The highest BCUT2D eigenvalue weighted by Gasteiger charge is 2.30. The van der Waals surface area contributed by atoms with E-state index < -0.39 is 15.9 Å². The molecule has 1 aliphatic heterocycles. The predicted octanol–water partition coefficient (Wildman–Crippen LogP) is 3.74. The van der Waals surface area contributed by atoms with Crippen LogP contribution in [0.1, 0.15) is 15.9 Å². The van der Waals surface area contributed by atoms with E-state index in [0.717, 1.165) is 5.56 Å². The summed E-state index contributed by atoms with van der Waals surface area (Å²) in [5.41, 5.74) is 1.89. The van der Waals surface area contributed by atoms with Crippen LogP contribution in [0.15, 0.2) is 71.8 Å². The number of amides is 1. The second-order valence-electron chi connectivity index (χ2n) is 6.30. The van der Waals surface area contributed by atoms with Gasteiger partial charge in [0.25, 0.3) is 15.9 Å². The molecule has 142 valence electrons. The largest absolute Gasteiger partial charge is 0.307 e. The maximum Gasteiger partial charge on any atom is 0.264 e. The summed E-state index contributed by atoms with van der Waals surface area (Å²) in [6.07, 6.45) is 2.14. The number of rotatable bonds is 4. The second kappa shape index (κ2) is 7.26. The lowest BCUT2D eigenvalue weighted by atomic mass is 10.2. The molecular formula is C20H16ClN3O3S. The van der Waals surface area contributed by atoms with Crippen molar-refractivity contribution in [3.63, 3.8) is 0 Å². The highest BCUT2D eigenvalue weighted by Crippen LogP contribution is 2.32. The molecule has 0 saturated heterocycles. The van der Waals surface area contributed by atoms with Crippen molar-refractivity contribution in [2.75, 3.05) is 16.2 Å². The molecule has 1 aromatic heterocycles. The summed E-state index contributed by atoms with van der Waals surface area (Å²) in [6, 6.07) is 16.5. The van der Waals surface area contributed by atoms with Gasteiger partial charge < -0.3 is 5.32 Å². The second-order valence-corrected chi connectivity index (χ2v) is 8.60. The van der Waals surface area contributed by atoms with E-state index in [4.69, 9.17) is 11.6 Å². The predicted molar refractivity (Wildman–Crippen MR) is 108 cm³/mol. The van der Waals surface area contributed by atoms with Gasteiger partial charge in [-0.05, 0) is 48.4 Å². The molecule has 3 aromatic rings. The number of halogens is 1. The zero-order valence-corrected chi connectivity index (χ0v) is 16.2. The maximum absolute atomic E-state index is 13.1. The van der Waals surface area contributed by atoms with Gasteiger partial charge in [0.2, 0.25) is 0 Å². The van der Waals surface area contributed by atoms with Gasteiger partial charge in [-0.3, -0.25) is 9.10 Å². The summed E-state index contributed by atoms with van der Waals surface area (Å²) < 4.78 is 27.7. The van der Waals surface area contributed by atoms with E-state index >= 15 is 0 Å². The summed E-state index contributed by atoms with van der Waals surface area (Å²) in [6.45, 7) is 0.380. The molecule has 0 atom stereocenters. The number of carbonyl (C=O) groups excluding carboxylic acids is 1. The average molecular weight is 414 g/mol. The minimum atomic E-state index is -3.77. The van der Waals surface area contributed by atoms with Crippen molar-refractivity contribution in [3.8, 4) is 0 Å². The van der Waals surface area contributed by atoms with Crippen LogP contribution in [0.3, 0.4) is 0 Å². The number of benzene rings is 2. The Kier molecular flexibility index (Phi) is 4.78. The minimum absolute atomic E-state index is 0.0657. The zero-order valence-electron chi connectivity index (χ0n) is 14.7. The Bertz CT molecular complexity index is 1160. The number of nitrogens with zero attached hydrogens (tertiary/aromatic N) is 2. The van der Waals surface area contributed by atoms with Gasteiger partial charge in [-0.1, -0.05) is 35.9 Å². The first-order valence-corrected chi connectivity index (χ1v) is 10.4. The molecule has 0 spiro atoms. The van der Waals surface area contributed by atoms with E-state index in [1.807, 2.05) is 18.2 Å². The van der Waals surface area contributed by atoms with E-state index in [1.165, 1.54) is 28.7 Å². The third kappa shape index (κ3) is 3.46. The van der Waals surface area contributed by atoms with Crippen LogP contribution in [-0.4, -0.2) is 25.9 Å². The molecule has 4 rings (SSSR count). The Hall–Kier alpha value is -2.90. The number of hydrogen-bond acceptors (Lipinski definition) is 4. The monoisotopic (exact) mass is 413 g/mol. The summed E-state index contributed by atoms with van der Waals surface area (Å²) >= 11 is 5.90. The quantitative estimate of drug-likeness (QED) is 0.706. The molecule has 1 N–H and O–H groups in total. The van der Waals surface area contributed by atoms with Crippen LogP contribution in [-0.2, 0) is 16.4 Å². The standard InChI is InChI=1S/C20H16ClN3O3S/c21-16-8-10-22-19(13-16)23-20(25)15-5-3-6-17(12-15)28(26,27)24-11-9-14-4-1-2-7-18(14)24/h1-8,10,12-13H,9,11H2,(H,22,23,25). The highest BCUT2D eigenvalue weighted by atomic mass is 35.5. The van der Waals surface area contributed by atoms with Gasteiger partial charge in [-0.2, -0.15) is 0 Å². The fourth-order valence-electron chi connectivity index (χ4n) is 3.14. The molecular weight excluding hydrogens is 398 g/mol. The minimum Gasteiger partial charge on any atom is -0.307 e. The van der Waals surface area contributed by atoms with Gasteiger partial charge in [-0.25, -0.2) is 13.4 Å². The van der Waals surface area contributed by atoms with E-state index in [0.29, 0.717) is 29.5 Å². The van der Waals surface area contributed by atoms with E-state index in [2.05, 4.69) is 10.3 Å². The van der Waals surface area contributed by atoms with Crippen LogP contribution in [0.5, 0.6) is 0 Å². The fourth-order valence-corrected chi connectivity index (χ4v) is 4.85. The summed E-state index contributed by atoms with van der Waals surface area (Å²) in [4.78, 5) is 16.6.